The van der Waals surface area contributed by atoms with E-state index in [2.05, 4.69) is 5.32 Å². The van der Waals surface area contributed by atoms with Crippen LogP contribution in [0.1, 0.15) is 53.1 Å². The Morgan fingerprint density at radius 2 is 1.86 bits per heavy atom. The highest BCUT2D eigenvalue weighted by Crippen LogP contribution is 2.29. The Morgan fingerprint density at radius 1 is 1.14 bits per heavy atom. The molecule has 1 aliphatic rings. The number of fused-ring (bicyclic) bond motifs is 1. The number of aryl methyl sites for hydroxylation is 3. The van der Waals surface area contributed by atoms with Crippen molar-refractivity contribution in [1.82, 2.24) is 19.4 Å². The molecule has 9 nitrogen and oxygen atoms in total. The molecule has 37 heavy (non-hydrogen) atoms. The van der Waals surface area contributed by atoms with Crippen molar-refractivity contribution in [2.45, 2.75) is 60.1 Å². The fourth-order valence-electron chi connectivity index (χ4n) is 4.67. The lowest BCUT2D eigenvalue weighted by atomic mass is 10.1. The minimum Gasteiger partial charge on any atom is -0.376 e. The van der Waals surface area contributed by atoms with Gasteiger partial charge in [-0.1, -0.05) is 6.07 Å². The largest absolute Gasteiger partial charge is 0.376 e. The fourth-order valence-corrected chi connectivity index (χ4v) is 5.93. The van der Waals surface area contributed by atoms with E-state index in [0.717, 1.165) is 39.9 Å². The third-order valence-corrected chi connectivity index (χ3v) is 8.36. The highest BCUT2D eigenvalue weighted by molar-refractivity contribution is 7.20. The van der Waals surface area contributed by atoms with Crippen LogP contribution in [0.3, 0.4) is 0 Å². The van der Waals surface area contributed by atoms with Crippen LogP contribution in [0.25, 0.3) is 15.9 Å². The second-order valence-corrected chi connectivity index (χ2v) is 10.4. The summed E-state index contributed by atoms with van der Waals surface area (Å²) in [5.74, 6) is -0.547. The highest BCUT2D eigenvalue weighted by atomic mass is 32.1. The first-order valence-electron chi connectivity index (χ1n) is 12.7. The van der Waals surface area contributed by atoms with Gasteiger partial charge in [0.2, 0.25) is 5.91 Å². The molecular formula is C27H34N4O5S. The second kappa shape index (κ2) is 11.0. The number of amides is 2. The first kappa shape index (κ1) is 26.8. The predicted octanol–water partition coefficient (Wildman–Crippen LogP) is 2.92. The van der Waals surface area contributed by atoms with Gasteiger partial charge in [-0.3, -0.25) is 19.0 Å². The van der Waals surface area contributed by atoms with E-state index in [1.807, 2.05) is 33.8 Å². The molecule has 1 aliphatic heterocycles. The van der Waals surface area contributed by atoms with E-state index in [0.29, 0.717) is 47.2 Å². The molecule has 0 saturated carbocycles. The molecule has 1 fully saturated rings. The Hall–Kier alpha value is -3.24. The normalized spacial score (nSPS) is 15.3. The van der Waals surface area contributed by atoms with Crippen LogP contribution in [0.2, 0.25) is 0 Å². The van der Waals surface area contributed by atoms with E-state index in [4.69, 9.17) is 4.74 Å². The van der Waals surface area contributed by atoms with Crippen molar-refractivity contribution in [3.63, 3.8) is 0 Å². The van der Waals surface area contributed by atoms with Crippen LogP contribution in [0.15, 0.2) is 27.8 Å². The van der Waals surface area contributed by atoms with E-state index in [1.54, 1.807) is 24.0 Å². The van der Waals surface area contributed by atoms with Gasteiger partial charge in [0.15, 0.2) is 0 Å². The van der Waals surface area contributed by atoms with Gasteiger partial charge in [0.25, 0.3) is 11.5 Å². The van der Waals surface area contributed by atoms with E-state index in [1.165, 1.54) is 4.57 Å². The lowest BCUT2D eigenvalue weighted by Crippen LogP contribution is -2.42. The molecule has 3 heterocycles. The number of nitrogens with zero attached hydrogens (tertiary/aromatic N) is 3. The summed E-state index contributed by atoms with van der Waals surface area (Å²) in [6.45, 7) is 11.2. The Morgan fingerprint density at radius 3 is 2.49 bits per heavy atom. The summed E-state index contributed by atoms with van der Waals surface area (Å²) in [6.07, 6.45) is 1.80. The third kappa shape index (κ3) is 5.13. The Labute approximate surface area is 219 Å². The average Bonchev–Trinajstić information content (AvgIpc) is 3.51. The molecule has 198 valence electrons. The number of benzene rings is 1. The van der Waals surface area contributed by atoms with Gasteiger partial charge in [-0.05, 0) is 76.3 Å². The van der Waals surface area contributed by atoms with Crippen LogP contribution in [0, 0.1) is 20.8 Å². The smallest absolute Gasteiger partial charge is 0.337 e. The summed E-state index contributed by atoms with van der Waals surface area (Å²) < 4.78 is 8.00. The van der Waals surface area contributed by atoms with Crippen LogP contribution in [-0.4, -0.2) is 58.2 Å². The monoisotopic (exact) mass is 526 g/mol. The van der Waals surface area contributed by atoms with Crippen LogP contribution < -0.4 is 16.6 Å². The average molecular weight is 527 g/mol. The summed E-state index contributed by atoms with van der Waals surface area (Å²) in [7, 11) is 0. The Kier molecular flexibility index (Phi) is 7.99. The van der Waals surface area contributed by atoms with Crippen molar-refractivity contribution in [2.24, 2.45) is 0 Å². The van der Waals surface area contributed by atoms with Gasteiger partial charge in [0, 0.05) is 26.2 Å². The number of hydrogen-bond donors (Lipinski definition) is 1. The number of ether oxygens (including phenoxy) is 1. The fraction of sp³-hybridized carbons (Fsp3) is 0.481. The second-order valence-electron chi connectivity index (χ2n) is 9.43. The standard InChI is InChI=1S/C27H34N4O5S/c1-6-29(7-2)25(34)23-18(5)22-24(33)31(19-11-10-16(3)17(4)13-19)27(35)30(26(22)37-23)15-21(32)28-14-20-9-8-12-36-20/h10-11,13,20H,6-9,12,14-15H2,1-5H3,(H,28,32). The zero-order valence-corrected chi connectivity index (χ0v) is 22.9. The molecule has 10 heteroatoms. The number of carbonyl (C=O) groups excluding carboxylic acids is 2. The molecule has 1 aromatic carbocycles. The molecule has 0 bridgehead atoms. The first-order chi connectivity index (χ1) is 17.7. The lowest BCUT2D eigenvalue weighted by Gasteiger charge is -2.17. The molecule has 1 N–H and O–H groups in total. The molecule has 3 aromatic rings. The van der Waals surface area contributed by atoms with E-state index >= 15 is 0 Å². The number of hydrogen-bond acceptors (Lipinski definition) is 6. The van der Waals surface area contributed by atoms with Crippen molar-refractivity contribution < 1.29 is 14.3 Å². The minimum atomic E-state index is -0.615. The van der Waals surface area contributed by atoms with Gasteiger partial charge in [0.1, 0.15) is 11.4 Å². The molecule has 0 aliphatic carbocycles. The molecule has 1 unspecified atom stereocenters. The zero-order chi connectivity index (χ0) is 26.9. The van der Waals surface area contributed by atoms with Crippen molar-refractivity contribution in [3.8, 4) is 5.69 Å². The molecule has 4 rings (SSSR count). The van der Waals surface area contributed by atoms with Gasteiger partial charge in [-0.2, -0.15) is 0 Å². The topological polar surface area (TPSA) is 103 Å². The predicted molar refractivity (Wildman–Crippen MR) is 145 cm³/mol. The zero-order valence-electron chi connectivity index (χ0n) is 22.1. The van der Waals surface area contributed by atoms with Gasteiger partial charge in [0.05, 0.1) is 22.1 Å². The molecular weight excluding hydrogens is 492 g/mol. The van der Waals surface area contributed by atoms with Crippen molar-refractivity contribution in [1.29, 1.82) is 0 Å². The number of nitrogens with one attached hydrogen (secondary N) is 1. The molecule has 2 aromatic heterocycles. The van der Waals surface area contributed by atoms with Crippen molar-refractivity contribution in [3.05, 3.63) is 60.6 Å². The summed E-state index contributed by atoms with van der Waals surface area (Å²) in [5.41, 5.74) is 1.81. The lowest BCUT2D eigenvalue weighted by molar-refractivity contribution is -0.122. The number of aromatic nitrogens is 2. The van der Waals surface area contributed by atoms with Crippen LogP contribution in [0.5, 0.6) is 0 Å². The van der Waals surface area contributed by atoms with Gasteiger partial charge >= 0.3 is 5.69 Å². The van der Waals surface area contributed by atoms with Crippen molar-refractivity contribution in [2.75, 3.05) is 26.2 Å². The summed E-state index contributed by atoms with van der Waals surface area (Å²) in [5, 5.41) is 3.14. The van der Waals surface area contributed by atoms with Gasteiger partial charge in [-0.15, -0.1) is 11.3 Å². The summed E-state index contributed by atoms with van der Waals surface area (Å²) >= 11 is 1.09. The number of thiophene rings is 1. The first-order valence-corrected chi connectivity index (χ1v) is 13.5. The number of rotatable bonds is 8. The molecule has 0 spiro atoms. The molecule has 1 saturated heterocycles. The maximum atomic E-state index is 13.8. The van der Waals surface area contributed by atoms with Gasteiger partial charge in [-0.25, -0.2) is 9.36 Å². The van der Waals surface area contributed by atoms with Crippen LogP contribution >= 0.6 is 11.3 Å². The third-order valence-electron chi connectivity index (χ3n) is 7.06. The quantitative estimate of drug-likeness (QED) is 0.486. The van der Waals surface area contributed by atoms with E-state index < -0.39 is 11.2 Å². The van der Waals surface area contributed by atoms with E-state index in [9.17, 15) is 19.2 Å². The maximum absolute atomic E-state index is 13.8. The van der Waals surface area contributed by atoms with E-state index in [-0.39, 0.29) is 29.8 Å². The van der Waals surface area contributed by atoms with Crippen LogP contribution in [0.4, 0.5) is 0 Å². The number of carbonyl (C=O) groups is 2. The molecule has 1 atom stereocenters. The SMILES string of the molecule is CCN(CC)C(=O)c1sc2c(c1C)c(=O)n(-c1ccc(C)c(C)c1)c(=O)n2CC(=O)NCC1CCCO1. The Balaban J connectivity index is 1.88. The van der Waals surface area contributed by atoms with Crippen LogP contribution in [-0.2, 0) is 16.1 Å². The van der Waals surface area contributed by atoms with Crippen molar-refractivity contribution >= 4 is 33.4 Å². The minimum absolute atomic E-state index is 0.0348. The van der Waals surface area contributed by atoms with Gasteiger partial charge < -0.3 is 15.0 Å². The highest BCUT2D eigenvalue weighted by Gasteiger charge is 2.26. The summed E-state index contributed by atoms with van der Waals surface area (Å²) in [6, 6.07) is 5.37. The molecule has 2 amide bonds. The maximum Gasteiger partial charge on any atom is 0.337 e. The molecule has 0 radical (unpaired) electrons. The Bertz CT molecular complexity index is 1460. The summed E-state index contributed by atoms with van der Waals surface area (Å²) in [4.78, 5) is 56.1.